The van der Waals surface area contributed by atoms with Gasteiger partial charge < -0.3 is 4.74 Å². The number of fused-ring (bicyclic) bond motifs is 2. The molecule has 1 saturated heterocycles. The molecule has 0 amide bonds. The number of carbonyl (C=O) groups is 1. The second-order valence-electron chi connectivity index (χ2n) is 7.67. The highest BCUT2D eigenvalue weighted by molar-refractivity contribution is 7.91. The number of hydrogen-bond acceptors (Lipinski definition) is 6. The first-order chi connectivity index (χ1) is 14.0. The summed E-state index contributed by atoms with van der Waals surface area (Å²) in [7, 11) is -1.71. The van der Waals surface area contributed by atoms with Gasteiger partial charge in [-0.15, -0.1) is 0 Å². The predicted octanol–water partition coefficient (Wildman–Crippen LogP) is 2.73. The van der Waals surface area contributed by atoms with Crippen molar-refractivity contribution >= 4 is 26.8 Å². The van der Waals surface area contributed by atoms with Crippen LogP contribution >= 0.6 is 0 Å². The van der Waals surface area contributed by atoms with Crippen LogP contribution < -0.4 is 0 Å². The molecule has 0 spiro atoms. The average Bonchev–Trinajstić information content (AvgIpc) is 3.42. The van der Waals surface area contributed by atoms with Crippen molar-refractivity contribution in [2.75, 3.05) is 18.6 Å². The first kappa shape index (κ1) is 18.3. The summed E-state index contributed by atoms with van der Waals surface area (Å²) in [5.41, 5.74) is 4.43. The Morgan fingerprint density at radius 3 is 2.69 bits per heavy atom. The summed E-state index contributed by atoms with van der Waals surface area (Å²) in [4.78, 5) is 17.7. The predicted molar refractivity (Wildman–Crippen MR) is 109 cm³/mol. The van der Waals surface area contributed by atoms with Crippen LogP contribution in [0.15, 0.2) is 30.3 Å². The van der Waals surface area contributed by atoms with Crippen LogP contribution in [0, 0.1) is 0 Å². The average molecular weight is 411 g/mol. The molecule has 0 saturated carbocycles. The molecule has 0 N–H and O–H groups in total. The van der Waals surface area contributed by atoms with Gasteiger partial charge in [0.2, 0.25) is 0 Å². The molecule has 1 aliphatic carbocycles. The number of rotatable bonds is 3. The third-order valence-corrected chi connectivity index (χ3v) is 7.61. The summed E-state index contributed by atoms with van der Waals surface area (Å²) in [6, 6.07) is 9.34. The van der Waals surface area contributed by atoms with Crippen LogP contribution in [0.2, 0.25) is 0 Å². The Labute approximate surface area is 168 Å². The molecule has 150 valence electrons. The van der Waals surface area contributed by atoms with Crippen molar-refractivity contribution in [3.05, 3.63) is 47.2 Å². The lowest BCUT2D eigenvalue weighted by Gasteiger charge is -2.12. The number of aromatic nitrogens is 3. The van der Waals surface area contributed by atoms with Crippen molar-refractivity contribution in [2.24, 2.45) is 0 Å². The minimum atomic E-state index is -3.09. The van der Waals surface area contributed by atoms with Crippen molar-refractivity contribution in [3.8, 4) is 11.3 Å². The number of nitrogens with zero attached hydrogens (tertiary/aromatic N) is 3. The summed E-state index contributed by atoms with van der Waals surface area (Å²) in [5, 5.41) is 5.47. The molecule has 3 heterocycles. The van der Waals surface area contributed by atoms with Crippen molar-refractivity contribution in [1.82, 2.24) is 14.8 Å². The quantitative estimate of drug-likeness (QED) is 0.616. The number of hydrogen-bond donors (Lipinski definition) is 0. The van der Waals surface area contributed by atoms with Gasteiger partial charge in [0.1, 0.15) is 5.69 Å². The van der Waals surface area contributed by atoms with Gasteiger partial charge in [-0.3, -0.25) is 0 Å². The van der Waals surface area contributed by atoms with Gasteiger partial charge in [0.15, 0.2) is 15.5 Å². The maximum Gasteiger partial charge on any atom is 0.339 e. The Balaban J connectivity index is 1.85. The molecule has 5 rings (SSSR count). The van der Waals surface area contributed by atoms with Crippen LogP contribution in [0.4, 0.5) is 0 Å². The van der Waals surface area contributed by atoms with E-state index in [-0.39, 0.29) is 17.5 Å². The van der Waals surface area contributed by atoms with Crippen LogP contribution in [0.1, 0.15) is 40.5 Å². The third kappa shape index (κ3) is 2.93. The number of sulfone groups is 1. The van der Waals surface area contributed by atoms with Crippen LogP contribution in [-0.4, -0.2) is 47.8 Å². The standard InChI is InChI=1S/C21H21N3O4S/c1-28-21(25)17-15-8-5-9-16(15)22-20-18(17)19(13-6-3-2-4-7-13)23-24(20)14-10-11-29(26,27)12-14/h2-4,6-7,14H,5,8-12H2,1H3/t14-/m0/s1. The van der Waals surface area contributed by atoms with E-state index < -0.39 is 15.8 Å². The number of benzene rings is 1. The topological polar surface area (TPSA) is 91.2 Å². The Morgan fingerprint density at radius 2 is 2.00 bits per heavy atom. The zero-order valence-electron chi connectivity index (χ0n) is 16.1. The number of ether oxygens (including phenoxy) is 1. The minimum absolute atomic E-state index is 0.0460. The molecule has 1 atom stereocenters. The monoisotopic (exact) mass is 411 g/mol. The van der Waals surface area contributed by atoms with Gasteiger partial charge in [0.05, 0.1) is 35.6 Å². The lowest BCUT2D eigenvalue weighted by molar-refractivity contribution is 0.0601. The Bertz CT molecular complexity index is 1230. The molecule has 1 aromatic carbocycles. The van der Waals surface area contributed by atoms with E-state index in [1.807, 2.05) is 30.3 Å². The van der Waals surface area contributed by atoms with Gasteiger partial charge in [-0.1, -0.05) is 30.3 Å². The lowest BCUT2D eigenvalue weighted by Crippen LogP contribution is -2.14. The SMILES string of the molecule is COC(=O)c1c2c(nc3c1c(-c1ccccc1)nn3[C@H]1CCS(=O)(=O)C1)CCC2. The molecule has 1 aliphatic heterocycles. The number of esters is 1. The first-order valence-corrected chi connectivity index (χ1v) is 11.6. The van der Waals surface area contributed by atoms with Crippen molar-refractivity contribution in [3.63, 3.8) is 0 Å². The van der Waals surface area contributed by atoms with Crippen LogP contribution in [-0.2, 0) is 27.4 Å². The molecule has 7 nitrogen and oxygen atoms in total. The van der Waals surface area contributed by atoms with Crippen molar-refractivity contribution in [1.29, 1.82) is 0 Å². The van der Waals surface area contributed by atoms with Gasteiger partial charge in [-0.25, -0.2) is 22.9 Å². The van der Waals surface area contributed by atoms with E-state index in [0.29, 0.717) is 28.7 Å². The lowest BCUT2D eigenvalue weighted by atomic mass is 9.99. The normalized spacial score (nSPS) is 20.1. The molecule has 1 fully saturated rings. The summed E-state index contributed by atoms with van der Waals surface area (Å²) in [6.45, 7) is 0. The second-order valence-corrected chi connectivity index (χ2v) is 9.90. The number of carbonyl (C=O) groups excluding carboxylic acids is 1. The highest BCUT2D eigenvalue weighted by Crippen LogP contribution is 2.38. The smallest absolute Gasteiger partial charge is 0.339 e. The molecular formula is C21H21N3O4S. The molecule has 2 aromatic heterocycles. The first-order valence-electron chi connectivity index (χ1n) is 9.76. The maximum atomic E-state index is 12.8. The number of pyridine rings is 1. The van der Waals surface area contributed by atoms with E-state index in [0.717, 1.165) is 36.1 Å². The fourth-order valence-corrected chi connectivity index (χ4v) is 6.20. The zero-order chi connectivity index (χ0) is 20.2. The summed E-state index contributed by atoms with van der Waals surface area (Å²) < 4.78 is 31.1. The Hall–Kier alpha value is -2.74. The van der Waals surface area contributed by atoms with Crippen molar-refractivity contribution in [2.45, 2.75) is 31.7 Å². The third-order valence-electron chi connectivity index (χ3n) is 5.86. The van der Waals surface area contributed by atoms with Gasteiger partial charge in [0, 0.05) is 11.3 Å². The molecule has 0 radical (unpaired) electrons. The van der Waals surface area contributed by atoms with E-state index in [9.17, 15) is 13.2 Å². The summed E-state index contributed by atoms with van der Waals surface area (Å²) in [6.07, 6.45) is 3.01. The van der Waals surface area contributed by atoms with Crippen molar-refractivity contribution < 1.29 is 17.9 Å². The van der Waals surface area contributed by atoms with E-state index >= 15 is 0 Å². The van der Waals surface area contributed by atoms with Crippen LogP contribution in [0.3, 0.4) is 0 Å². The van der Waals surface area contributed by atoms with E-state index in [1.165, 1.54) is 7.11 Å². The van der Waals surface area contributed by atoms with E-state index in [1.54, 1.807) is 4.68 Å². The zero-order valence-corrected chi connectivity index (χ0v) is 16.9. The van der Waals surface area contributed by atoms with Gasteiger partial charge >= 0.3 is 5.97 Å². The molecule has 3 aromatic rings. The fraction of sp³-hybridized carbons (Fsp3) is 0.381. The van der Waals surface area contributed by atoms with Crippen LogP contribution in [0.25, 0.3) is 22.3 Å². The molecule has 0 unspecified atom stereocenters. The molecular weight excluding hydrogens is 390 g/mol. The van der Waals surface area contributed by atoms with Gasteiger partial charge in [-0.2, -0.15) is 5.10 Å². The summed E-state index contributed by atoms with van der Waals surface area (Å²) in [5.74, 6) is -0.204. The van der Waals surface area contributed by atoms with Crippen LogP contribution in [0.5, 0.6) is 0 Å². The highest BCUT2D eigenvalue weighted by Gasteiger charge is 2.35. The molecule has 8 heteroatoms. The second kappa shape index (κ2) is 6.66. The number of aryl methyl sites for hydroxylation is 1. The Morgan fingerprint density at radius 1 is 1.21 bits per heavy atom. The largest absolute Gasteiger partial charge is 0.465 e. The summed E-state index contributed by atoms with van der Waals surface area (Å²) >= 11 is 0. The molecule has 29 heavy (non-hydrogen) atoms. The van der Waals surface area contributed by atoms with E-state index in [4.69, 9.17) is 14.8 Å². The molecule has 0 bridgehead atoms. The maximum absolute atomic E-state index is 12.8. The van der Waals surface area contributed by atoms with E-state index in [2.05, 4.69) is 0 Å². The van der Waals surface area contributed by atoms with Gasteiger partial charge in [-0.05, 0) is 31.2 Å². The fourth-order valence-electron chi connectivity index (χ4n) is 4.51. The number of methoxy groups -OCH3 is 1. The van der Waals surface area contributed by atoms with Gasteiger partial charge in [0.25, 0.3) is 0 Å². The highest BCUT2D eigenvalue weighted by atomic mass is 32.2. The Kier molecular flexibility index (Phi) is 4.20. The minimum Gasteiger partial charge on any atom is -0.465 e. The molecule has 2 aliphatic rings.